The lowest BCUT2D eigenvalue weighted by Gasteiger charge is -2.58. The average molecular weight is 434 g/mol. The first-order chi connectivity index (χ1) is 15.7. The fraction of sp³-hybridized carbons (Fsp3) is 0.462. The highest BCUT2D eigenvalue weighted by Gasteiger charge is 2.54. The molecule has 1 saturated carbocycles. The predicted octanol–water partition coefficient (Wildman–Crippen LogP) is 3.37. The second-order valence-electron chi connectivity index (χ2n) is 9.30. The van der Waals surface area contributed by atoms with Gasteiger partial charge in [-0.1, -0.05) is 73.9 Å². The van der Waals surface area contributed by atoms with Crippen LogP contribution in [0.1, 0.15) is 43.6 Å². The summed E-state index contributed by atoms with van der Waals surface area (Å²) in [5.74, 6) is -0.0460. The zero-order valence-corrected chi connectivity index (χ0v) is 18.3. The summed E-state index contributed by atoms with van der Waals surface area (Å²) in [5.41, 5.74) is 3.40. The van der Waals surface area contributed by atoms with Gasteiger partial charge in [0, 0.05) is 18.5 Å². The molecule has 3 amide bonds. The van der Waals surface area contributed by atoms with Crippen LogP contribution in [0.15, 0.2) is 54.6 Å². The molecule has 3 aliphatic rings. The zero-order valence-electron chi connectivity index (χ0n) is 18.3. The van der Waals surface area contributed by atoms with Crippen molar-refractivity contribution in [3.05, 3.63) is 60.2 Å². The predicted molar refractivity (Wildman–Crippen MR) is 123 cm³/mol. The van der Waals surface area contributed by atoms with Crippen LogP contribution in [0.2, 0.25) is 0 Å². The average Bonchev–Trinajstić information content (AvgIpc) is 2.82. The molecular formula is C26H31N3O3. The Hall–Kier alpha value is -2.86. The van der Waals surface area contributed by atoms with Crippen molar-refractivity contribution < 1.29 is 14.7 Å². The number of hydrogen-bond donors (Lipinski definition) is 2. The van der Waals surface area contributed by atoms with Gasteiger partial charge in [-0.3, -0.25) is 4.79 Å². The molecule has 3 fully saturated rings. The quantitative estimate of drug-likeness (QED) is 0.777. The number of nitrogens with zero attached hydrogens (tertiary/aromatic N) is 2. The molecular weight excluding hydrogens is 402 g/mol. The summed E-state index contributed by atoms with van der Waals surface area (Å²) in [7, 11) is 0. The van der Waals surface area contributed by atoms with Crippen molar-refractivity contribution in [3.8, 4) is 11.1 Å². The minimum atomic E-state index is -0.223. The number of carbonyl (C=O) groups is 2. The molecule has 3 atom stereocenters. The lowest BCUT2D eigenvalue weighted by Crippen LogP contribution is -2.74. The van der Waals surface area contributed by atoms with Gasteiger partial charge in [0.2, 0.25) is 5.91 Å². The standard InChI is InChI=1S/C26H31N3O3/c30-17-23-25(20-13-11-19(12-14-20)18-7-3-1-4-8-18)22-15-28(16-24(31)29(22)23)26(32)27-21-9-5-2-6-10-21/h1,3-4,7-8,11-14,21-23,25,30H,2,5-6,9-10,15-17H2,(H,27,32)/t22-,23-,25+/m1/s1. The third-order valence-corrected chi connectivity index (χ3v) is 7.37. The molecule has 0 unspecified atom stereocenters. The van der Waals surface area contributed by atoms with Gasteiger partial charge >= 0.3 is 6.03 Å². The Morgan fingerprint density at radius 3 is 2.34 bits per heavy atom. The van der Waals surface area contributed by atoms with Crippen LogP contribution in [0.3, 0.4) is 0 Å². The minimum absolute atomic E-state index is 0.0269. The number of benzene rings is 2. The molecule has 2 aromatic carbocycles. The number of nitrogens with one attached hydrogen (secondary N) is 1. The molecule has 32 heavy (non-hydrogen) atoms. The van der Waals surface area contributed by atoms with E-state index in [1.807, 2.05) is 18.2 Å². The molecule has 0 radical (unpaired) electrons. The number of rotatable bonds is 4. The second-order valence-corrected chi connectivity index (χ2v) is 9.30. The van der Waals surface area contributed by atoms with Gasteiger partial charge in [-0.15, -0.1) is 0 Å². The van der Waals surface area contributed by atoms with Gasteiger partial charge in [-0.2, -0.15) is 0 Å². The number of hydrogen-bond acceptors (Lipinski definition) is 3. The molecule has 2 aliphatic heterocycles. The Kier molecular flexibility index (Phi) is 5.87. The van der Waals surface area contributed by atoms with Crippen molar-refractivity contribution >= 4 is 11.9 Å². The van der Waals surface area contributed by atoms with E-state index in [9.17, 15) is 14.7 Å². The monoisotopic (exact) mass is 433 g/mol. The first-order valence-electron chi connectivity index (χ1n) is 11.8. The van der Waals surface area contributed by atoms with Gasteiger partial charge in [-0.05, 0) is 29.5 Å². The normalized spacial score (nSPS) is 25.8. The van der Waals surface area contributed by atoms with E-state index in [1.165, 1.54) is 6.42 Å². The van der Waals surface area contributed by atoms with Crippen LogP contribution in [0.5, 0.6) is 0 Å². The Morgan fingerprint density at radius 1 is 0.969 bits per heavy atom. The number of carbonyl (C=O) groups excluding carboxylic acids is 2. The SMILES string of the molecule is O=C(NC1CCCCC1)N1CC(=O)N2[C@H](CO)[C@@H](c3ccc(-c4ccccc4)cc3)[C@H]2C1. The smallest absolute Gasteiger partial charge is 0.318 e. The van der Waals surface area contributed by atoms with Crippen molar-refractivity contribution in [1.29, 1.82) is 0 Å². The molecule has 2 aromatic rings. The number of aliphatic hydroxyl groups is 1. The fourth-order valence-corrected chi connectivity index (χ4v) is 5.70. The Morgan fingerprint density at radius 2 is 1.66 bits per heavy atom. The maximum atomic E-state index is 12.9. The maximum absolute atomic E-state index is 12.9. The first-order valence-corrected chi connectivity index (χ1v) is 11.8. The Balaban J connectivity index is 1.31. The third kappa shape index (κ3) is 3.88. The summed E-state index contributed by atoms with van der Waals surface area (Å²) in [6.45, 7) is 0.527. The Bertz CT molecular complexity index is 956. The third-order valence-electron chi connectivity index (χ3n) is 7.37. The van der Waals surface area contributed by atoms with Gasteiger partial charge in [0.15, 0.2) is 0 Å². The summed E-state index contributed by atoms with van der Waals surface area (Å²) in [5, 5.41) is 13.2. The van der Waals surface area contributed by atoms with Gasteiger partial charge < -0.3 is 20.2 Å². The van der Waals surface area contributed by atoms with Crippen LogP contribution in [-0.2, 0) is 4.79 Å². The van der Waals surface area contributed by atoms with Crippen LogP contribution < -0.4 is 5.32 Å². The van der Waals surface area contributed by atoms with Gasteiger partial charge in [0.25, 0.3) is 0 Å². The molecule has 1 aliphatic carbocycles. The molecule has 2 heterocycles. The highest BCUT2D eigenvalue weighted by atomic mass is 16.3. The largest absolute Gasteiger partial charge is 0.394 e. The molecule has 0 aromatic heterocycles. The molecule has 6 nitrogen and oxygen atoms in total. The van der Waals surface area contributed by atoms with Crippen LogP contribution in [0.25, 0.3) is 11.1 Å². The highest BCUT2D eigenvalue weighted by Crippen LogP contribution is 2.43. The fourth-order valence-electron chi connectivity index (χ4n) is 5.70. The van der Waals surface area contributed by atoms with E-state index < -0.39 is 0 Å². The number of amides is 3. The van der Waals surface area contributed by atoms with Crippen molar-refractivity contribution in [2.24, 2.45) is 0 Å². The minimum Gasteiger partial charge on any atom is -0.394 e. The number of fused-ring (bicyclic) bond motifs is 1. The molecule has 0 bridgehead atoms. The number of aliphatic hydroxyl groups excluding tert-OH is 1. The van der Waals surface area contributed by atoms with Crippen LogP contribution in [-0.4, -0.2) is 64.7 Å². The summed E-state index contributed by atoms with van der Waals surface area (Å²) >= 11 is 0. The summed E-state index contributed by atoms with van der Waals surface area (Å²) in [4.78, 5) is 29.2. The van der Waals surface area contributed by atoms with E-state index in [2.05, 4.69) is 41.7 Å². The number of urea groups is 1. The van der Waals surface area contributed by atoms with Crippen LogP contribution in [0.4, 0.5) is 4.79 Å². The highest BCUT2D eigenvalue weighted by molar-refractivity contribution is 5.87. The molecule has 0 spiro atoms. The topological polar surface area (TPSA) is 72.9 Å². The molecule has 6 heteroatoms. The van der Waals surface area contributed by atoms with E-state index in [0.29, 0.717) is 6.54 Å². The van der Waals surface area contributed by atoms with Crippen molar-refractivity contribution in [1.82, 2.24) is 15.1 Å². The van der Waals surface area contributed by atoms with Crippen molar-refractivity contribution in [3.63, 3.8) is 0 Å². The number of piperazine rings is 1. The molecule has 5 rings (SSSR count). The zero-order chi connectivity index (χ0) is 22.1. The Labute approximate surface area is 189 Å². The lowest BCUT2D eigenvalue weighted by molar-refractivity contribution is -0.159. The van der Waals surface area contributed by atoms with E-state index in [-0.39, 0.29) is 49.1 Å². The molecule has 2 N–H and O–H groups in total. The second kappa shape index (κ2) is 8.94. The van der Waals surface area contributed by atoms with Crippen molar-refractivity contribution in [2.45, 2.75) is 56.1 Å². The maximum Gasteiger partial charge on any atom is 0.318 e. The molecule has 2 saturated heterocycles. The molecule has 168 valence electrons. The summed E-state index contributed by atoms with van der Waals surface area (Å²) in [6, 6.07) is 18.4. The van der Waals surface area contributed by atoms with Crippen LogP contribution >= 0.6 is 0 Å². The summed E-state index contributed by atoms with van der Waals surface area (Å²) in [6.07, 6.45) is 5.58. The first kappa shape index (κ1) is 21.0. The van der Waals surface area contributed by atoms with Gasteiger partial charge in [-0.25, -0.2) is 4.79 Å². The summed E-state index contributed by atoms with van der Waals surface area (Å²) < 4.78 is 0. The van der Waals surface area contributed by atoms with E-state index >= 15 is 0 Å². The van der Waals surface area contributed by atoms with E-state index in [0.717, 1.165) is 42.4 Å². The van der Waals surface area contributed by atoms with Crippen LogP contribution in [0, 0.1) is 0 Å². The van der Waals surface area contributed by atoms with Gasteiger partial charge in [0.05, 0.1) is 18.7 Å². The van der Waals surface area contributed by atoms with Crippen molar-refractivity contribution in [2.75, 3.05) is 19.7 Å². The lowest BCUT2D eigenvalue weighted by atomic mass is 9.73. The van der Waals surface area contributed by atoms with E-state index in [4.69, 9.17) is 0 Å². The van der Waals surface area contributed by atoms with E-state index in [1.54, 1.807) is 9.80 Å². The van der Waals surface area contributed by atoms with Gasteiger partial charge in [0.1, 0.15) is 6.54 Å².